The number of fused-ring (bicyclic) bond motifs is 1. The van der Waals surface area contributed by atoms with Crippen LogP contribution in [0.4, 0.5) is 23.2 Å². The fourth-order valence-corrected chi connectivity index (χ4v) is 4.45. The number of aromatic nitrogens is 2. The van der Waals surface area contributed by atoms with E-state index in [2.05, 4.69) is 5.10 Å². The van der Waals surface area contributed by atoms with Crippen LogP contribution in [0.25, 0.3) is 5.52 Å². The molecular formula is C22H22F4N4O3S. The maximum absolute atomic E-state index is 14.4. The molecule has 1 aliphatic rings. The predicted molar refractivity (Wildman–Crippen MR) is 117 cm³/mol. The van der Waals surface area contributed by atoms with Crippen molar-refractivity contribution in [2.75, 3.05) is 11.4 Å². The molecule has 4 rings (SSSR count). The van der Waals surface area contributed by atoms with Crippen LogP contribution in [-0.2, 0) is 10.0 Å². The number of halogens is 4. The van der Waals surface area contributed by atoms with Crippen LogP contribution in [0.5, 0.6) is 0 Å². The molecule has 1 fully saturated rings. The van der Waals surface area contributed by atoms with E-state index in [-0.39, 0.29) is 22.3 Å². The van der Waals surface area contributed by atoms with Gasteiger partial charge in [-0.05, 0) is 51.1 Å². The molecular weight excluding hydrogens is 476 g/mol. The molecule has 3 heterocycles. The molecule has 0 spiro atoms. The van der Waals surface area contributed by atoms with Crippen molar-refractivity contribution in [3.8, 4) is 0 Å². The highest BCUT2D eigenvalue weighted by Gasteiger charge is 2.46. The van der Waals surface area contributed by atoms with Gasteiger partial charge in [-0.1, -0.05) is 0 Å². The van der Waals surface area contributed by atoms with E-state index in [1.807, 2.05) is 4.72 Å². The predicted octanol–water partition coefficient (Wildman–Crippen LogP) is 4.06. The summed E-state index contributed by atoms with van der Waals surface area (Å²) < 4.78 is 83.8. The van der Waals surface area contributed by atoms with Gasteiger partial charge in [0, 0.05) is 23.9 Å². The van der Waals surface area contributed by atoms with Gasteiger partial charge in [-0.25, -0.2) is 35.2 Å². The van der Waals surface area contributed by atoms with Crippen molar-refractivity contribution in [3.05, 3.63) is 65.5 Å². The first-order chi connectivity index (χ1) is 15.7. The lowest BCUT2D eigenvalue weighted by Crippen LogP contribution is -2.42. The van der Waals surface area contributed by atoms with Gasteiger partial charge in [0.1, 0.15) is 11.6 Å². The summed E-state index contributed by atoms with van der Waals surface area (Å²) in [6, 6.07) is 4.37. The van der Waals surface area contributed by atoms with Gasteiger partial charge < -0.3 is 4.90 Å². The molecule has 0 radical (unpaired) electrons. The van der Waals surface area contributed by atoms with Gasteiger partial charge in [0.05, 0.1) is 34.6 Å². The van der Waals surface area contributed by atoms with Crippen LogP contribution in [0, 0.1) is 11.6 Å². The minimum Gasteiger partial charge on any atom is -0.358 e. The number of hydrogen-bond donors (Lipinski definition) is 1. The summed E-state index contributed by atoms with van der Waals surface area (Å²) in [5.74, 6) is -5.66. The first-order valence-electron chi connectivity index (χ1n) is 10.3. The Bertz CT molecular complexity index is 1380. The molecule has 12 heteroatoms. The number of amides is 1. The maximum Gasteiger partial charge on any atom is 0.268 e. The number of anilines is 1. The topological polar surface area (TPSA) is 83.8 Å². The fraction of sp³-hybridized carbons (Fsp3) is 0.364. The molecule has 34 heavy (non-hydrogen) atoms. The Kier molecular flexibility index (Phi) is 5.62. The highest BCUT2D eigenvalue weighted by Crippen LogP contribution is 2.44. The van der Waals surface area contributed by atoms with Gasteiger partial charge in [-0.15, -0.1) is 0 Å². The van der Waals surface area contributed by atoms with Gasteiger partial charge in [-0.3, -0.25) is 4.79 Å². The molecule has 2 aromatic heterocycles. The average molecular weight is 499 g/mol. The molecule has 1 amide bonds. The van der Waals surface area contributed by atoms with Crippen LogP contribution in [0.2, 0.25) is 0 Å². The Morgan fingerprint density at radius 3 is 2.56 bits per heavy atom. The average Bonchev–Trinajstić information content (AvgIpc) is 3.28. The lowest BCUT2D eigenvalue weighted by atomic mass is 10.0. The van der Waals surface area contributed by atoms with Crippen molar-refractivity contribution >= 4 is 27.1 Å². The molecule has 3 aromatic rings. The normalized spacial score (nSPS) is 18.4. The summed E-state index contributed by atoms with van der Waals surface area (Å²) in [7, 11) is -4.01. The largest absolute Gasteiger partial charge is 0.358 e. The third-order valence-corrected chi connectivity index (χ3v) is 7.77. The highest BCUT2D eigenvalue weighted by atomic mass is 32.2. The number of carbonyl (C=O) groups is 1. The molecule has 1 atom stereocenters. The first kappa shape index (κ1) is 24.0. The minimum atomic E-state index is -4.01. The van der Waals surface area contributed by atoms with Crippen molar-refractivity contribution in [2.24, 2.45) is 0 Å². The van der Waals surface area contributed by atoms with Crippen molar-refractivity contribution in [1.82, 2.24) is 14.3 Å². The SMILES string of the molecule is CC(C)(C)S(=O)(=O)NC(=O)c1cnn2ccc(N3CC(F)(F)C[C@@H]3c3cc(F)ccc3F)cc12. The molecule has 7 nitrogen and oxygen atoms in total. The smallest absolute Gasteiger partial charge is 0.268 e. The van der Waals surface area contributed by atoms with Crippen LogP contribution in [0.1, 0.15) is 49.2 Å². The van der Waals surface area contributed by atoms with Gasteiger partial charge >= 0.3 is 0 Å². The van der Waals surface area contributed by atoms with Gasteiger partial charge in [-0.2, -0.15) is 5.10 Å². The fourth-order valence-electron chi connectivity index (χ4n) is 3.79. The summed E-state index contributed by atoms with van der Waals surface area (Å²) in [5, 5.41) is 4.02. The Labute approximate surface area is 193 Å². The second-order valence-corrected chi connectivity index (χ2v) is 11.6. The molecule has 1 aliphatic heterocycles. The molecule has 182 valence electrons. The van der Waals surface area contributed by atoms with Crippen LogP contribution in [0.15, 0.2) is 42.7 Å². The van der Waals surface area contributed by atoms with Crippen LogP contribution < -0.4 is 9.62 Å². The second-order valence-electron chi connectivity index (χ2n) is 9.19. The number of benzene rings is 1. The van der Waals surface area contributed by atoms with Crippen LogP contribution in [0.3, 0.4) is 0 Å². The lowest BCUT2D eigenvalue weighted by Gasteiger charge is -2.27. The Morgan fingerprint density at radius 2 is 1.88 bits per heavy atom. The monoisotopic (exact) mass is 498 g/mol. The Hall–Kier alpha value is -3.15. The summed E-state index contributed by atoms with van der Waals surface area (Å²) in [4.78, 5) is 14.0. The zero-order chi connectivity index (χ0) is 25.1. The number of hydrogen-bond acceptors (Lipinski definition) is 5. The Balaban J connectivity index is 1.75. The van der Waals surface area contributed by atoms with Gasteiger partial charge in [0.15, 0.2) is 0 Å². The third kappa shape index (κ3) is 4.33. The van der Waals surface area contributed by atoms with E-state index in [0.29, 0.717) is 0 Å². The third-order valence-electron chi connectivity index (χ3n) is 5.70. The molecule has 1 saturated heterocycles. The van der Waals surface area contributed by atoms with Crippen LogP contribution >= 0.6 is 0 Å². The molecule has 0 aliphatic carbocycles. The number of nitrogens with one attached hydrogen (secondary N) is 1. The minimum absolute atomic E-state index is 0.0888. The van der Waals surface area contributed by atoms with E-state index >= 15 is 0 Å². The van der Waals surface area contributed by atoms with Crippen molar-refractivity contribution in [1.29, 1.82) is 0 Å². The van der Waals surface area contributed by atoms with E-state index in [0.717, 1.165) is 24.4 Å². The maximum atomic E-state index is 14.4. The molecule has 1 N–H and O–H groups in total. The number of alkyl halides is 2. The van der Waals surface area contributed by atoms with Crippen molar-refractivity contribution in [3.63, 3.8) is 0 Å². The van der Waals surface area contributed by atoms with Crippen LogP contribution in [-0.4, -0.2) is 41.2 Å². The number of nitrogens with zero attached hydrogens (tertiary/aromatic N) is 3. The Morgan fingerprint density at radius 1 is 1.18 bits per heavy atom. The van der Waals surface area contributed by atoms with Crippen molar-refractivity contribution in [2.45, 2.75) is 43.9 Å². The summed E-state index contributed by atoms with van der Waals surface area (Å²) in [5.41, 5.74) is 0.0771. The quantitative estimate of drug-likeness (QED) is 0.549. The lowest BCUT2D eigenvalue weighted by molar-refractivity contribution is 0.0222. The zero-order valence-corrected chi connectivity index (χ0v) is 19.3. The first-order valence-corrected chi connectivity index (χ1v) is 11.8. The van der Waals surface area contributed by atoms with E-state index in [9.17, 15) is 30.8 Å². The molecule has 0 bridgehead atoms. The molecule has 1 aromatic carbocycles. The number of pyridine rings is 1. The van der Waals surface area contributed by atoms with Gasteiger partial charge in [0.25, 0.3) is 11.8 Å². The van der Waals surface area contributed by atoms with Gasteiger partial charge in [0.2, 0.25) is 10.0 Å². The summed E-state index contributed by atoms with van der Waals surface area (Å²) in [6.07, 6.45) is 1.85. The number of carbonyl (C=O) groups excluding carboxylic acids is 1. The number of rotatable bonds is 4. The van der Waals surface area contributed by atoms with E-state index < -0.39 is 57.2 Å². The summed E-state index contributed by atoms with van der Waals surface area (Å²) in [6.45, 7) is 3.53. The van der Waals surface area contributed by atoms with E-state index in [1.54, 1.807) is 0 Å². The summed E-state index contributed by atoms with van der Waals surface area (Å²) >= 11 is 0. The number of sulfonamides is 1. The molecule has 0 saturated carbocycles. The zero-order valence-electron chi connectivity index (χ0n) is 18.5. The molecule has 0 unspecified atom stereocenters. The standard InChI is InChI=1S/C22H22F4N4O3S/c1-21(2,3)34(32,33)28-20(31)16-11-27-30-7-6-14(9-18(16)30)29-12-22(25,26)10-19(29)15-8-13(23)4-5-17(15)24/h4-9,11,19H,10,12H2,1-3H3,(H,28,31)/t19-/m1/s1. The second kappa shape index (κ2) is 7.97. The highest BCUT2D eigenvalue weighted by molar-refractivity contribution is 7.91. The van der Waals surface area contributed by atoms with E-state index in [4.69, 9.17) is 0 Å². The van der Waals surface area contributed by atoms with Crippen molar-refractivity contribution < 1.29 is 30.8 Å². The van der Waals surface area contributed by atoms with E-state index in [1.165, 1.54) is 48.5 Å².